The second-order valence-electron chi connectivity index (χ2n) is 4.56. The molecule has 17 heavy (non-hydrogen) atoms. The largest absolute Gasteiger partial charge is 0.381 e. The van der Waals surface area contributed by atoms with E-state index in [0.717, 1.165) is 43.1 Å². The second-order valence-corrected chi connectivity index (χ2v) is 5.40. The van der Waals surface area contributed by atoms with Gasteiger partial charge >= 0.3 is 0 Å². The zero-order chi connectivity index (χ0) is 12.3. The Hall–Kier alpha value is -0.280. The molecule has 1 fully saturated rings. The van der Waals surface area contributed by atoms with Gasteiger partial charge in [0.15, 0.2) is 0 Å². The number of ether oxygens (including phenoxy) is 1. The molecule has 94 valence electrons. The summed E-state index contributed by atoms with van der Waals surface area (Å²) in [5.74, 6) is 0. The van der Waals surface area contributed by atoms with Crippen molar-refractivity contribution < 1.29 is 4.74 Å². The van der Waals surface area contributed by atoms with Crippen molar-refractivity contribution >= 4 is 23.2 Å². The minimum absolute atomic E-state index is 0.0642. The zero-order valence-corrected chi connectivity index (χ0v) is 11.2. The second kappa shape index (κ2) is 5.57. The first-order valence-corrected chi connectivity index (χ1v) is 6.67. The fourth-order valence-electron chi connectivity index (χ4n) is 2.61. The first-order chi connectivity index (χ1) is 8.18. The molecule has 0 saturated carbocycles. The number of nitrogens with two attached hydrogens (primary N) is 1. The molecule has 0 spiro atoms. The van der Waals surface area contributed by atoms with Gasteiger partial charge in [-0.25, -0.2) is 0 Å². The summed E-state index contributed by atoms with van der Waals surface area (Å²) in [5, 5.41) is 1.42. The highest BCUT2D eigenvalue weighted by Gasteiger charge is 2.35. The summed E-state index contributed by atoms with van der Waals surface area (Å²) in [6, 6.07) is 5.74. The van der Waals surface area contributed by atoms with Crippen LogP contribution in [-0.2, 0) is 10.2 Å². The summed E-state index contributed by atoms with van der Waals surface area (Å²) < 4.78 is 5.45. The SMILES string of the molecule is NCCC1(c2ccc(Cl)cc2Cl)CCOCC1. The number of hydrogen-bond donors (Lipinski definition) is 1. The quantitative estimate of drug-likeness (QED) is 0.917. The molecule has 1 saturated heterocycles. The van der Waals surface area contributed by atoms with E-state index in [1.807, 2.05) is 18.2 Å². The van der Waals surface area contributed by atoms with E-state index in [4.69, 9.17) is 33.7 Å². The smallest absolute Gasteiger partial charge is 0.0474 e. The monoisotopic (exact) mass is 273 g/mol. The first-order valence-electron chi connectivity index (χ1n) is 5.91. The average molecular weight is 274 g/mol. The molecule has 2 rings (SSSR count). The van der Waals surface area contributed by atoms with E-state index in [9.17, 15) is 0 Å². The highest BCUT2D eigenvalue weighted by molar-refractivity contribution is 6.35. The molecule has 0 aromatic heterocycles. The summed E-state index contributed by atoms with van der Waals surface area (Å²) in [6.07, 6.45) is 2.90. The molecule has 0 aliphatic carbocycles. The standard InChI is InChI=1S/C13H17Cl2NO/c14-10-1-2-11(12(15)9-10)13(3-6-16)4-7-17-8-5-13/h1-2,9H,3-8,16H2. The van der Waals surface area contributed by atoms with Crippen LogP contribution in [0, 0.1) is 0 Å². The molecule has 1 aromatic carbocycles. The van der Waals surface area contributed by atoms with Crippen molar-refractivity contribution in [1.29, 1.82) is 0 Å². The van der Waals surface area contributed by atoms with Crippen LogP contribution in [0.3, 0.4) is 0 Å². The van der Waals surface area contributed by atoms with Gasteiger partial charge in [0.25, 0.3) is 0 Å². The summed E-state index contributed by atoms with van der Waals surface area (Å²) in [4.78, 5) is 0. The molecule has 1 aliphatic heterocycles. The number of hydrogen-bond acceptors (Lipinski definition) is 2. The highest BCUT2D eigenvalue weighted by Crippen LogP contribution is 2.41. The molecule has 1 aromatic rings. The van der Waals surface area contributed by atoms with Gasteiger partial charge in [0, 0.05) is 28.7 Å². The number of halogens is 2. The van der Waals surface area contributed by atoms with Gasteiger partial charge in [-0.1, -0.05) is 29.3 Å². The van der Waals surface area contributed by atoms with Gasteiger partial charge in [-0.05, 0) is 43.5 Å². The lowest BCUT2D eigenvalue weighted by Crippen LogP contribution is -2.36. The van der Waals surface area contributed by atoms with E-state index in [1.165, 1.54) is 0 Å². The molecule has 0 unspecified atom stereocenters. The van der Waals surface area contributed by atoms with Crippen LogP contribution >= 0.6 is 23.2 Å². The van der Waals surface area contributed by atoms with Gasteiger partial charge in [0.2, 0.25) is 0 Å². The van der Waals surface area contributed by atoms with E-state index < -0.39 is 0 Å². The van der Waals surface area contributed by atoms with Crippen molar-refractivity contribution in [2.45, 2.75) is 24.7 Å². The average Bonchev–Trinajstić information content (AvgIpc) is 2.30. The van der Waals surface area contributed by atoms with Crippen molar-refractivity contribution in [2.75, 3.05) is 19.8 Å². The van der Waals surface area contributed by atoms with Crippen LogP contribution in [0.15, 0.2) is 18.2 Å². The maximum Gasteiger partial charge on any atom is 0.0474 e. The Bertz CT molecular complexity index is 383. The lowest BCUT2D eigenvalue weighted by atomic mass is 9.72. The highest BCUT2D eigenvalue weighted by atomic mass is 35.5. The van der Waals surface area contributed by atoms with E-state index in [1.54, 1.807) is 0 Å². The molecular formula is C13H17Cl2NO. The van der Waals surface area contributed by atoms with Gasteiger partial charge < -0.3 is 10.5 Å². The number of rotatable bonds is 3. The lowest BCUT2D eigenvalue weighted by Gasteiger charge is -2.38. The van der Waals surface area contributed by atoms with Crippen LogP contribution in [0.2, 0.25) is 10.0 Å². The fourth-order valence-corrected chi connectivity index (χ4v) is 3.22. The van der Waals surface area contributed by atoms with Crippen LogP contribution < -0.4 is 5.73 Å². The van der Waals surface area contributed by atoms with E-state index in [0.29, 0.717) is 11.6 Å². The molecule has 0 amide bonds. The molecule has 1 aliphatic rings. The minimum Gasteiger partial charge on any atom is -0.381 e. The Morgan fingerprint density at radius 2 is 1.94 bits per heavy atom. The van der Waals surface area contributed by atoms with Gasteiger partial charge in [-0.2, -0.15) is 0 Å². The van der Waals surface area contributed by atoms with Crippen LogP contribution in [0.4, 0.5) is 0 Å². The maximum atomic E-state index is 6.32. The summed E-state index contributed by atoms with van der Waals surface area (Å²) in [7, 11) is 0. The molecule has 1 heterocycles. The molecule has 0 bridgehead atoms. The first kappa shape index (κ1) is 13.2. The Balaban J connectivity index is 2.37. The topological polar surface area (TPSA) is 35.2 Å². The lowest BCUT2D eigenvalue weighted by molar-refractivity contribution is 0.0477. The van der Waals surface area contributed by atoms with E-state index in [-0.39, 0.29) is 5.41 Å². The van der Waals surface area contributed by atoms with Gasteiger partial charge in [0.05, 0.1) is 0 Å². The van der Waals surface area contributed by atoms with Crippen molar-refractivity contribution in [3.63, 3.8) is 0 Å². The summed E-state index contributed by atoms with van der Waals surface area (Å²) in [5.41, 5.74) is 6.98. The summed E-state index contributed by atoms with van der Waals surface area (Å²) in [6.45, 7) is 2.22. The Morgan fingerprint density at radius 1 is 1.24 bits per heavy atom. The Kier molecular flexibility index (Phi) is 4.31. The van der Waals surface area contributed by atoms with E-state index >= 15 is 0 Å². The predicted octanol–water partition coefficient (Wildman–Crippen LogP) is 3.39. The Labute approximate surface area is 112 Å². The predicted molar refractivity (Wildman–Crippen MR) is 71.9 cm³/mol. The van der Waals surface area contributed by atoms with Crippen molar-refractivity contribution in [3.05, 3.63) is 33.8 Å². The van der Waals surface area contributed by atoms with Crippen molar-refractivity contribution in [1.82, 2.24) is 0 Å². The third-order valence-electron chi connectivity index (χ3n) is 3.58. The molecule has 0 radical (unpaired) electrons. The fraction of sp³-hybridized carbons (Fsp3) is 0.538. The Morgan fingerprint density at radius 3 is 2.53 bits per heavy atom. The van der Waals surface area contributed by atoms with Gasteiger partial charge in [-0.15, -0.1) is 0 Å². The molecule has 2 nitrogen and oxygen atoms in total. The van der Waals surface area contributed by atoms with Crippen LogP contribution in [0.25, 0.3) is 0 Å². The van der Waals surface area contributed by atoms with Gasteiger partial charge in [0.1, 0.15) is 0 Å². The molecule has 2 N–H and O–H groups in total. The minimum atomic E-state index is 0.0642. The molecular weight excluding hydrogens is 257 g/mol. The van der Waals surface area contributed by atoms with Crippen molar-refractivity contribution in [3.8, 4) is 0 Å². The third-order valence-corrected chi connectivity index (χ3v) is 4.12. The molecule has 0 atom stereocenters. The zero-order valence-electron chi connectivity index (χ0n) is 9.72. The summed E-state index contributed by atoms with van der Waals surface area (Å²) >= 11 is 12.3. The third kappa shape index (κ3) is 2.76. The van der Waals surface area contributed by atoms with Gasteiger partial charge in [-0.3, -0.25) is 0 Å². The van der Waals surface area contributed by atoms with Crippen molar-refractivity contribution in [2.24, 2.45) is 5.73 Å². The van der Waals surface area contributed by atoms with Crippen LogP contribution in [-0.4, -0.2) is 19.8 Å². The normalized spacial score (nSPS) is 19.2. The van der Waals surface area contributed by atoms with E-state index in [2.05, 4.69) is 0 Å². The maximum absolute atomic E-state index is 6.32. The number of benzene rings is 1. The van der Waals surface area contributed by atoms with Crippen LogP contribution in [0.5, 0.6) is 0 Å². The van der Waals surface area contributed by atoms with Crippen LogP contribution in [0.1, 0.15) is 24.8 Å². The molecule has 4 heteroatoms.